The van der Waals surface area contributed by atoms with Crippen LogP contribution < -0.4 is 11.1 Å². The van der Waals surface area contributed by atoms with Gasteiger partial charge in [0.1, 0.15) is 47.9 Å². The van der Waals surface area contributed by atoms with E-state index in [0.717, 1.165) is 9.80 Å². The Morgan fingerprint density at radius 2 is 1.24 bits per heavy atom. The van der Waals surface area contributed by atoms with Crippen molar-refractivity contribution in [2.75, 3.05) is 48.9 Å². The summed E-state index contributed by atoms with van der Waals surface area (Å²) in [5.74, 6) is -6.39. The van der Waals surface area contributed by atoms with Crippen molar-refractivity contribution in [2.45, 2.75) is 143 Å². The van der Waals surface area contributed by atoms with Crippen LogP contribution in [-0.2, 0) is 54.3 Å². The van der Waals surface area contributed by atoms with Gasteiger partial charge in [-0.3, -0.25) is 33.6 Å². The fraction of sp³-hybridized carbons (Fsp3) is 0.681. The Labute approximate surface area is 391 Å². The number of alkyl carbamates (subject to hydrolysis) is 1. The van der Waals surface area contributed by atoms with Crippen LogP contribution in [0.4, 0.5) is 4.79 Å². The van der Waals surface area contributed by atoms with Crippen molar-refractivity contribution < 1.29 is 52.6 Å². The van der Waals surface area contributed by atoms with E-state index in [2.05, 4.69) is 5.32 Å². The Balaban J connectivity index is 2.53. The molecule has 1 aromatic rings. The monoisotopic (exact) mass is 929 g/mol. The van der Waals surface area contributed by atoms with Gasteiger partial charge < -0.3 is 49.9 Å². The van der Waals surface area contributed by atoms with E-state index in [4.69, 9.17) is 15.2 Å². The van der Waals surface area contributed by atoms with Gasteiger partial charge in [0, 0.05) is 48.2 Å². The first-order valence-corrected chi connectivity index (χ1v) is 22.5. The number of hydrogen-bond donors (Lipinski definition) is 2. The number of ether oxygens (including phenoxy) is 2. The smallest absolute Gasteiger partial charge is 0.408 e. The number of esters is 1. The number of nitrogens with two attached hydrogens (primary N) is 1. The summed E-state index contributed by atoms with van der Waals surface area (Å²) in [5.41, 5.74) is 5.43. The minimum Gasteiger partial charge on any atom is -0.467 e. The molecule has 2 rings (SSSR count). The number of likely N-dealkylation sites (N-methyl/N-ethyl adjacent to an activating group) is 5. The normalized spacial score (nSPS) is 16.6. The van der Waals surface area contributed by atoms with Crippen molar-refractivity contribution in [1.29, 1.82) is 0 Å². The quantitative estimate of drug-likeness (QED) is 0.180. The Hall–Kier alpha value is -5.75. The predicted molar refractivity (Wildman–Crippen MR) is 247 cm³/mol. The number of amides is 8. The summed E-state index contributed by atoms with van der Waals surface area (Å²) in [5, 5.41) is 2.65. The zero-order chi connectivity index (χ0) is 50.7. The van der Waals surface area contributed by atoms with E-state index in [1.54, 1.807) is 92.6 Å². The van der Waals surface area contributed by atoms with E-state index in [-0.39, 0.29) is 25.3 Å². The third kappa shape index (κ3) is 14.4. The second-order valence-corrected chi connectivity index (χ2v) is 19.3. The molecule has 1 aromatic carbocycles. The summed E-state index contributed by atoms with van der Waals surface area (Å²) in [6.45, 7) is 17.4. The molecule has 7 unspecified atom stereocenters. The summed E-state index contributed by atoms with van der Waals surface area (Å²) >= 11 is 0. The maximum atomic E-state index is 14.8. The number of benzene rings is 1. The SMILES string of the molecule is COC(=O)C(C)N(C)C(=O)C(CC(N)=O)N(C)C(=O)C(Cc1ccccc1)N(C)C(=O)C1CCCN1C(=O)C(C(C)C)N(C)C(=O)C(C(C)C)N(C)C(=O)C(NC(=O)OC(C)(C)C)C(C)C. The largest absolute Gasteiger partial charge is 0.467 e. The van der Waals surface area contributed by atoms with Crippen LogP contribution in [0.15, 0.2) is 30.3 Å². The predicted octanol–water partition coefficient (Wildman–Crippen LogP) is 2.28. The molecule has 1 saturated heterocycles. The van der Waals surface area contributed by atoms with Gasteiger partial charge in [0.05, 0.1) is 13.5 Å². The average Bonchev–Trinajstić information content (AvgIpc) is 3.74. The molecular weight excluding hydrogens is 853 g/mol. The molecule has 3 N–H and O–H groups in total. The fourth-order valence-electron chi connectivity index (χ4n) is 8.24. The van der Waals surface area contributed by atoms with Crippen LogP contribution in [0.2, 0.25) is 0 Å². The third-order valence-electron chi connectivity index (χ3n) is 12.1. The van der Waals surface area contributed by atoms with Crippen LogP contribution in [0.25, 0.3) is 0 Å². The number of carbonyl (C=O) groups is 9. The molecule has 1 heterocycles. The zero-order valence-corrected chi connectivity index (χ0v) is 41.9. The Kier molecular flexibility index (Phi) is 20.6. The van der Waals surface area contributed by atoms with Crippen LogP contribution in [-0.4, -0.2) is 180 Å². The standard InChI is InChI=1S/C47H76N8O11/c1-27(2)36(49-46(64)66-47(8,9)10)42(60)53(14)37(28(3)4)43(61)54(15)38(29(5)6)44(62)55-24-20-23-32(55)39(57)51(12)33(25-31-21-18-17-19-22-31)41(59)52(13)34(26-35(48)56)40(58)50(11)30(7)45(63)65-16/h17-19,21-22,27-30,32-34,36-38H,20,23-26H2,1-16H3,(H2,48,56)(H,49,64). The molecule has 66 heavy (non-hydrogen) atoms. The Bertz CT molecular complexity index is 1900. The van der Waals surface area contributed by atoms with Crippen molar-refractivity contribution in [2.24, 2.45) is 23.5 Å². The third-order valence-corrected chi connectivity index (χ3v) is 12.1. The number of likely N-dealkylation sites (tertiary alicyclic amines) is 1. The first kappa shape index (κ1) is 56.4. The van der Waals surface area contributed by atoms with E-state index in [1.165, 1.54) is 68.9 Å². The topological polar surface area (TPSA) is 230 Å². The molecule has 0 aromatic heterocycles. The molecule has 1 fully saturated rings. The van der Waals surface area contributed by atoms with Gasteiger partial charge >= 0.3 is 12.1 Å². The van der Waals surface area contributed by atoms with Crippen LogP contribution in [0.1, 0.15) is 94.1 Å². The van der Waals surface area contributed by atoms with Gasteiger partial charge in [-0.1, -0.05) is 71.9 Å². The lowest BCUT2D eigenvalue weighted by molar-refractivity contribution is -0.158. The molecule has 19 nitrogen and oxygen atoms in total. The first-order valence-electron chi connectivity index (χ1n) is 22.5. The first-order chi connectivity index (χ1) is 30.5. The highest BCUT2D eigenvalue weighted by atomic mass is 16.6. The molecule has 0 radical (unpaired) electrons. The molecule has 370 valence electrons. The number of rotatable bonds is 20. The zero-order valence-electron chi connectivity index (χ0n) is 41.9. The summed E-state index contributed by atoms with van der Waals surface area (Å²) in [4.78, 5) is 131. The highest BCUT2D eigenvalue weighted by Crippen LogP contribution is 2.27. The number of primary amides is 1. The molecule has 0 aliphatic carbocycles. The summed E-state index contributed by atoms with van der Waals surface area (Å²) in [6, 6.07) is 0.968. The number of methoxy groups -OCH3 is 1. The van der Waals surface area contributed by atoms with Crippen LogP contribution in [0.5, 0.6) is 0 Å². The average molecular weight is 929 g/mol. The molecule has 19 heteroatoms. The van der Waals surface area contributed by atoms with Gasteiger partial charge in [-0.15, -0.1) is 0 Å². The van der Waals surface area contributed by atoms with Gasteiger partial charge in [-0.2, -0.15) is 0 Å². The number of hydrogen-bond acceptors (Lipinski definition) is 11. The minimum atomic E-state index is -1.44. The van der Waals surface area contributed by atoms with Crippen LogP contribution in [0, 0.1) is 17.8 Å². The van der Waals surface area contributed by atoms with Crippen molar-refractivity contribution in [3.8, 4) is 0 Å². The van der Waals surface area contributed by atoms with Gasteiger partial charge in [-0.25, -0.2) is 9.59 Å². The van der Waals surface area contributed by atoms with Gasteiger partial charge in [-0.05, 0) is 63.9 Å². The number of carbonyl (C=O) groups excluding carboxylic acids is 9. The second kappa shape index (κ2) is 24.1. The van der Waals surface area contributed by atoms with Crippen molar-refractivity contribution in [1.82, 2.24) is 34.7 Å². The van der Waals surface area contributed by atoms with Crippen molar-refractivity contribution >= 4 is 53.4 Å². The molecule has 0 spiro atoms. The van der Waals surface area contributed by atoms with Gasteiger partial charge in [0.2, 0.25) is 41.4 Å². The van der Waals surface area contributed by atoms with E-state index in [0.29, 0.717) is 12.0 Å². The summed E-state index contributed by atoms with van der Waals surface area (Å²) < 4.78 is 10.2. The lowest BCUT2D eigenvalue weighted by atomic mass is 9.95. The maximum absolute atomic E-state index is 14.8. The highest BCUT2D eigenvalue weighted by Gasteiger charge is 2.46. The lowest BCUT2D eigenvalue weighted by Gasteiger charge is -2.41. The van der Waals surface area contributed by atoms with Gasteiger partial charge in [0.25, 0.3) is 0 Å². The maximum Gasteiger partial charge on any atom is 0.408 e. The van der Waals surface area contributed by atoms with Gasteiger partial charge in [0.15, 0.2) is 0 Å². The molecule has 1 aliphatic rings. The van der Waals surface area contributed by atoms with Crippen molar-refractivity contribution in [3.63, 3.8) is 0 Å². The minimum absolute atomic E-state index is 0.00154. The summed E-state index contributed by atoms with van der Waals surface area (Å²) in [7, 11) is 8.25. The van der Waals surface area contributed by atoms with Crippen LogP contribution in [0.3, 0.4) is 0 Å². The molecule has 7 atom stereocenters. The van der Waals surface area contributed by atoms with E-state index in [1.807, 2.05) is 0 Å². The van der Waals surface area contributed by atoms with E-state index in [9.17, 15) is 43.2 Å². The molecule has 8 amide bonds. The summed E-state index contributed by atoms with van der Waals surface area (Å²) in [6.07, 6.45) is -0.656. The lowest BCUT2D eigenvalue weighted by Crippen LogP contribution is -2.62. The van der Waals surface area contributed by atoms with E-state index >= 15 is 0 Å². The second-order valence-electron chi connectivity index (χ2n) is 19.3. The van der Waals surface area contributed by atoms with Crippen LogP contribution >= 0.6 is 0 Å². The molecular formula is C47H76N8O11. The van der Waals surface area contributed by atoms with Crippen molar-refractivity contribution in [3.05, 3.63) is 35.9 Å². The Morgan fingerprint density at radius 3 is 1.73 bits per heavy atom. The molecule has 0 bridgehead atoms. The van der Waals surface area contributed by atoms with E-state index < -0.39 is 120 Å². The highest BCUT2D eigenvalue weighted by molar-refractivity contribution is 5.98. The number of nitrogens with zero attached hydrogens (tertiary/aromatic N) is 6. The number of nitrogens with one attached hydrogen (secondary N) is 1. The fourth-order valence-corrected chi connectivity index (χ4v) is 8.24. The molecule has 0 saturated carbocycles. The Morgan fingerprint density at radius 1 is 0.712 bits per heavy atom. The molecule has 1 aliphatic heterocycles.